The van der Waals surface area contributed by atoms with Gasteiger partial charge in [-0.15, -0.1) is 11.3 Å². The van der Waals surface area contributed by atoms with Gasteiger partial charge in [0.25, 0.3) is 10.0 Å². The van der Waals surface area contributed by atoms with Gasteiger partial charge >= 0.3 is 0 Å². The number of thiazole rings is 1. The predicted octanol–water partition coefficient (Wildman–Crippen LogP) is 4.02. The molecule has 0 bridgehead atoms. The molecule has 8 heteroatoms. The Bertz CT molecular complexity index is 1010. The minimum absolute atomic E-state index is 0.104. The van der Waals surface area contributed by atoms with Gasteiger partial charge in [0.1, 0.15) is 0 Å². The third-order valence-corrected chi connectivity index (χ3v) is 6.77. The Labute approximate surface area is 148 Å². The fourth-order valence-electron chi connectivity index (χ4n) is 2.14. The second kappa shape index (κ2) is 6.54. The number of anilines is 1. The van der Waals surface area contributed by atoms with Crippen LogP contribution >= 0.6 is 23.1 Å². The summed E-state index contributed by atoms with van der Waals surface area (Å²) in [6.45, 7) is 1.44. The molecule has 1 heterocycles. The van der Waals surface area contributed by atoms with E-state index in [4.69, 9.17) is 0 Å². The molecule has 0 aliphatic rings. The molecule has 0 amide bonds. The summed E-state index contributed by atoms with van der Waals surface area (Å²) in [6, 6.07) is 11.1. The second-order valence-corrected chi connectivity index (χ2v) is 8.82. The fraction of sp³-hybridized carbons (Fsp3) is 0.125. The van der Waals surface area contributed by atoms with Crippen LogP contribution in [0, 0.1) is 0 Å². The Morgan fingerprint density at radius 3 is 2.50 bits per heavy atom. The molecule has 0 saturated carbocycles. The molecular weight excluding hydrogens is 364 g/mol. The molecule has 1 aromatic heterocycles. The van der Waals surface area contributed by atoms with Crippen molar-refractivity contribution in [1.82, 2.24) is 4.98 Å². The topological polar surface area (TPSA) is 76.1 Å². The Hall–Kier alpha value is -1.90. The zero-order chi connectivity index (χ0) is 17.3. The molecule has 3 rings (SSSR count). The number of hydrogen-bond donors (Lipinski definition) is 1. The Kier molecular flexibility index (Phi) is 4.62. The minimum atomic E-state index is -3.71. The lowest BCUT2D eigenvalue weighted by atomic mass is 10.2. The van der Waals surface area contributed by atoms with E-state index in [1.54, 1.807) is 30.0 Å². The summed E-state index contributed by atoms with van der Waals surface area (Å²) in [4.78, 5) is 15.8. The number of nitrogens with zero attached hydrogens (tertiary/aromatic N) is 1. The first kappa shape index (κ1) is 16.9. The second-order valence-electron chi connectivity index (χ2n) is 5.05. The van der Waals surface area contributed by atoms with E-state index >= 15 is 0 Å². The number of nitrogens with one attached hydrogen (secondary N) is 1. The van der Waals surface area contributed by atoms with E-state index in [0.717, 1.165) is 14.6 Å². The zero-order valence-electron chi connectivity index (χ0n) is 12.9. The number of benzene rings is 2. The first-order valence-electron chi connectivity index (χ1n) is 6.97. The normalized spacial score (nSPS) is 11.6. The highest BCUT2D eigenvalue weighted by Gasteiger charge is 2.15. The van der Waals surface area contributed by atoms with E-state index in [2.05, 4.69) is 9.71 Å². The summed E-state index contributed by atoms with van der Waals surface area (Å²) < 4.78 is 29.4. The predicted molar refractivity (Wildman–Crippen MR) is 98.7 cm³/mol. The summed E-state index contributed by atoms with van der Waals surface area (Å²) in [5, 5.41) is 0. The molecule has 3 aromatic rings. The monoisotopic (exact) mass is 378 g/mol. The summed E-state index contributed by atoms with van der Waals surface area (Å²) in [5.74, 6) is -0.104. The van der Waals surface area contributed by atoms with E-state index < -0.39 is 10.0 Å². The molecule has 124 valence electrons. The number of rotatable bonds is 5. The molecule has 24 heavy (non-hydrogen) atoms. The molecule has 0 radical (unpaired) electrons. The first-order chi connectivity index (χ1) is 11.4. The lowest BCUT2D eigenvalue weighted by Crippen LogP contribution is -2.13. The van der Waals surface area contributed by atoms with Crippen LogP contribution in [0.1, 0.15) is 17.3 Å². The highest BCUT2D eigenvalue weighted by Crippen LogP contribution is 2.30. The average Bonchev–Trinajstić information content (AvgIpc) is 2.97. The van der Waals surface area contributed by atoms with Crippen LogP contribution in [0.5, 0.6) is 0 Å². The summed E-state index contributed by atoms with van der Waals surface area (Å²) >= 11 is 3.07. The maximum Gasteiger partial charge on any atom is 0.261 e. The molecular formula is C16H14N2O3S3. The van der Waals surface area contributed by atoms with Crippen molar-refractivity contribution in [2.45, 2.75) is 16.2 Å². The van der Waals surface area contributed by atoms with Gasteiger partial charge in [-0.05, 0) is 43.5 Å². The van der Waals surface area contributed by atoms with Gasteiger partial charge in [0, 0.05) is 5.56 Å². The van der Waals surface area contributed by atoms with Crippen LogP contribution in [0.25, 0.3) is 10.2 Å². The highest BCUT2D eigenvalue weighted by atomic mass is 32.2. The molecule has 0 unspecified atom stereocenters. The maximum absolute atomic E-state index is 12.5. The van der Waals surface area contributed by atoms with Gasteiger partial charge in [0.2, 0.25) is 0 Å². The zero-order valence-corrected chi connectivity index (χ0v) is 15.4. The first-order valence-corrected chi connectivity index (χ1v) is 10.5. The summed E-state index contributed by atoms with van der Waals surface area (Å²) in [5.41, 5.74) is 1.80. The Balaban J connectivity index is 1.89. The van der Waals surface area contributed by atoms with Gasteiger partial charge in [-0.2, -0.15) is 0 Å². The number of aromatic nitrogens is 1. The maximum atomic E-state index is 12.5. The number of hydrogen-bond acceptors (Lipinski definition) is 6. The smallest absolute Gasteiger partial charge is 0.261 e. The number of carbonyl (C=O) groups excluding carboxylic acids is 1. The molecule has 0 aliphatic heterocycles. The summed E-state index contributed by atoms with van der Waals surface area (Å²) in [6.07, 6.45) is 1.95. The minimum Gasteiger partial charge on any atom is -0.295 e. The third kappa shape index (κ3) is 3.45. The van der Waals surface area contributed by atoms with E-state index in [1.165, 1.54) is 42.5 Å². The average molecular weight is 379 g/mol. The highest BCUT2D eigenvalue weighted by molar-refractivity contribution is 8.00. The molecule has 0 saturated heterocycles. The van der Waals surface area contributed by atoms with E-state index in [0.29, 0.717) is 11.3 Å². The van der Waals surface area contributed by atoms with Gasteiger partial charge in [-0.1, -0.05) is 23.9 Å². The SMILES string of the molecule is CSc1nc2ccc(NS(=O)(=O)c3ccc(C(C)=O)cc3)cc2s1. The Morgan fingerprint density at radius 1 is 1.17 bits per heavy atom. The van der Waals surface area contributed by atoms with Gasteiger partial charge in [0.05, 0.1) is 20.8 Å². The molecule has 2 aromatic carbocycles. The number of Topliss-reactive ketones (excluding diaryl/α,β-unsaturated/α-hetero) is 1. The molecule has 5 nitrogen and oxygen atoms in total. The van der Waals surface area contributed by atoms with Crippen LogP contribution in [-0.4, -0.2) is 25.4 Å². The number of carbonyl (C=O) groups is 1. The fourth-order valence-corrected chi connectivity index (χ4v) is 4.72. The Morgan fingerprint density at radius 2 is 1.88 bits per heavy atom. The number of ketones is 1. The van der Waals surface area contributed by atoms with Gasteiger partial charge in [-0.25, -0.2) is 13.4 Å². The molecule has 0 aliphatic carbocycles. The number of fused-ring (bicyclic) bond motifs is 1. The van der Waals surface area contributed by atoms with Crippen molar-refractivity contribution >= 4 is 54.8 Å². The number of sulfonamides is 1. The van der Waals surface area contributed by atoms with Gasteiger partial charge in [0.15, 0.2) is 10.1 Å². The van der Waals surface area contributed by atoms with Gasteiger partial charge in [-0.3, -0.25) is 9.52 Å². The largest absolute Gasteiger partial charge is 0.295 e. The van der Waals surface area contributed by atoms with Crippen molar-refractivity contribution < 1.29 is 13.2 Å². The van der Waals surface area contributed by atoms with Crippen LogP contribution in [0.2, 0.25) is 0 Å². The molecule has 0 spiro atoms. The molecule has 0 fully saturated rings. The number of thioether (sulfide) groups is 1. The van der Waals surface area contributed by atoms with Crippen molar-refractivity contribution in [1.29, 1.82) is 0 Å². The summed E-state index contributed by atoms with van der Waals surface area (Å²) in [7, 11) is -3.71. The van der Waals surface area contributed by atoms with Crippen LogP contribution in [0.4, 0.5) is 5.69 Å². The van der Waals surface area contributed by atoms with E-state index in [9.17, 15) is 13.2 Å². The van der Waals surface area contributed by atoms with Crippen LogP contribution in [-0.2, 0) is 10.0 Å². The lowest BCUT2D eigenvalue weighted by Gasteiger charge is -2.08. The van der Waals surface area contributed by atoms with Crippen molar-refractivity contribution in [2.24, 2.45) is 0 Å². The van der Waals surface area contributed by atoms with Crippen molar-refractivity contribution in [3.8, 4) is 0 Å². The van der Waals surface area contributed by atoms with Crippen molar-refractivity contribution in [3.63, 3.8) is 0 Å². The van der Waals surface area contributed by atoms with Crippen LogP contribution in [0.3, 0.4) is 0 Å². The molecule has 1 N–H and O–H groups in total. The van der Waals surface area contributed by atoms with Crippen molar-refractivity contribution in [3.05, 3.63) is 48.0 Å². The van der Waals surface area contributed by atoms with E-state index in [-0.39, 0.29) is 10.7 Å². The lowest BCUT2D eigenvalue weighted by molar-refractivity contribution is 0.101. The standard InChI is InChI=1S/C16H14N2O3S3/c1-10(19)11-3-6-13(7-4-11)24(20,21)18-12-5-8-14-15(9-12)23-16(17-14)22-2/h3-9,18H,1-2H3. The van der Waals surface area contributed by atoms with Crippen LogP contribution < -0.4 is 4.72 Å². The van der Waals surface area contributed by atoms with Crippen molar-refractivity contribution in [2.75, 3.05) is 11.0 Å². The van der Waals surface area contributed by atoms with Gasteiger partial charge < -0.3 is 0 Å². The third-order valence-electron chi connectivity index (χ3n) is 3.37. The molecule has 0 atom stereocenters. The van der Waals surface area contributed by atoms with Crippen LogP contribution in [0.15, 0.2) is 51.7 Å². The quantitative estimate of drug-likeness (QED) is 0.536. The van der Waals surface area contributed by atoms with E-state index in [1.807, 2.05) is 6.26 Å².